The number of pyridine rings is 1. The van der Waals surface area contributed by atoms with Crippen LogP contribution in [0.25, 0.3) is 0 Å². The highest BCUT2D eigenvalue weighted by Crippen LogP contribution is 2.15. The lowest BCUT2D eigenvalue weighted by Gasteiger charge is -2.13. The third-order valence-electron chi connectivity index (χ3n) is 2.39. The van der Waals surface area contributed by atoms with Crippen LogP contribution >= 0.6 is 11.8 Å². The normalized spacial score (nSPS) is 15.7. The highest BCUT2D eigenvalue weighted by atomic mass is 32.2. The van der Waals surface area contributed by atoms with Gasteiger partial charge in [0.2, 0.25) is 0 Å². The van der Waals surface area contributed by atoms with Crippen LogP contribution in [0.1, 0.15) is 10.4 Å². The maximum Gasteiger partial charge on any atom is 0.263 e. The zero-order chi connectivity index (χ0) is 10.8. The summed E-state index contributed by atoms with van der Waals surface area (Å²) in [5, 5.41) is 0. The molecular formula is C10H12N2O2S. The number of thioether (sulfide) groups is 1. The Morgan fingerprint density at radius 3 is 3.00 bits per heavy atom. The van der Waals surface area contributed by atoms with Gasteiger partial charge in [0.05, 0.1) is 5.88 Å². The van der Waals surface area contributed by atoms with Gasteiger partial charge in [0.1, 0.15) is 5.56 Å². The van der Waals surface area contributed by atoms with E-state index in [2.05, 4.69) is 0 Å². The first kappa shape index (κ1) is 10.3. The molecule has 2 heterocycles. The Morgan fingerprint density at radius 1 is 1.53 bits per heavy atom. The minimum Gasteiger partial charge on any atom is -0.328 e. The van der Waals surface area contributed by atoms with E-state index >= 15 is 0 Å². The largest absolute Gasteiger partial charge is 0.328 e. The van der Waals surface area contributed by atoms with Crippen molar-refractivity contribution in [3.8, 4) is 0 Å². The van der Waals surface area contributed by atoms with E-state index in [1.54, 1.807) is 42.0 Å². The highest BCUT2D eigenvalue weighted by molar-refractivity contribution is 7.99. The van der Waals surface area contributed by atoms with Gasteiger partial charge in [-0.2, -0.15) is 0 Å². The summed E-state index contributed by atoms with van der Waals surface area (Å²) in [5.74, 6) is 1.50. The van der Waals surface area contributed by atoms with Crippen molar-refractivity contribution in [1.29, 1.82) is 0 Å². The Bertz CT molecular complexity index is 435. The maximum atomic E-state index is 11.9. The second-order valence-corrected chi connectivity index (χ2v) is 4.52. The Labute approximate surface area is 91.9 Å². The SMILES string of the molecule is Cn1cccc(C(=O)N2CCSC2)c1=O. The minimum atomic E-state index is -0.223. The van der Waals surface area contributed by atoms with Crippen LogP contribution in [0.15, 0.2) is 23.1 Å². The van der Waals surface area contributed by atoms with Crippen molar-refractivity contribution < 1.29 is 4.79 Å². The second-order valence-electron chi connectivity index (χ2n) is 3.44. The summed E-state index contributed by atoms with van der Waals surface area (Å²) in [6, 6.07) is 3.31. The van der Waals surface area contributed by atoms with E-state index in [-0.39, 0.29) is 17.0 Å². The maximum absolute atomic E-state index is 11.9. The fraction of sp³-hybridized carbons (Fsp3) is 0.400. The van der Waals surface area contributed by atoms with E-state index in [1.165, 1.54) is 4.57 Å². The lowest BCUT2D eigenvalue weighted by Crippen LogP contribution is -2.34. The lowest BCUT2D eigenvalue weighted by atomic mass is 10.2. The van der Waals surface area contributed by atoms with Crippen molar-refractivity contribution in [3.05, 3.63) is 34.2 Å². The third-order valence-corrected chi connectivity index (χ3v) is 3.36. The topological polar surface area (TPSA) is 42.3 Å². The molecule has 80 valence electrons. The summed E-state index contributed by atoms with van der Waals surface area (Å²) in [6.07, 6.45) is 1.65. The van der Waals surface area contributed by atoms with Crippen molar-refractivity contribution in [2.45, 2.75) is 0 Å². The quantitative estimate of drug-likeness (QED) is 0.699. The molecule has 0 unspecified atom stereocenters. The van der Waals surface area contributed by atoms with E-state index < -0.39 is 0 Å². The smallest absolute Gasteiger partial charge is 0.263 e. The summed E-state index contributed by atoms with van der Waals surface area (Å²) in [4.78, 5) is 25.3. The van der Waals surface area contributed by atoms with Crippen molar-refractivity contribution in [1.82, 2.24) is 9.47 Å². The van der Waals surface area contributed by atoms with Gasteiger partial charge >= 0.3 is 0 Å². The molecule has 1 aromatic rings. The van der Waals surface area contributed by atoms with Crippen LogP contribution in [0.2, 0.25) is 0 Å². The van der Waals surface area contributed by atoms with Crippen LogP contribution in [0.5, 0.6) is 0 Å². The molecule has 4 nitrogen and oxygen atoms in total. The number of carbonyl (C=O) groups excluding carboxylic acids is 1. The van der Waals surface area contributed by atoms with Gasteiger partial charge in [0, 0.05) is 25.5 Å². The molecule has 15 heavy (non-hydrogen) atoms. The molecule has 0 spiro atoms. The van der Waals surface area contributed by atoms with Crippen molar-refractivity contribution in [2.75, 3.05) is 18.2 Å². The first-order chi connectivity index (χ1) is 7.20. The number of rotatable bonds is 1. The summed E-state index contributed by atoms with van der Waals surface area (Å²) in [6.45, 7) is 0.738. The average Bonchev–Trinajstić information content (AvgIpc) is 2.74. The molecule has 1 aliphatic rings. The van der Waals surface area contributed by atoms with Gasteiger partial charge in [-0.25, -0.2) is 0 Å². The van der Waals surface area contributed by atoms with Crippen molar-refractivity contribution >= 4 is 17.7 Å². The van der Waals surface area contributed by atoms with Crippen molar-refractivity contribution in [3.63, 3.8) is 0 Å². The zero-order valence-corrected chi connectivity index (χ0v) is 9.29. The Morgan fingerprint density at radius 2 is 2.33 bits per heavy atom. The van der Waals surface area contributed by atoms with Crippen LogP contribution in [-0.4, -0.2) is 33.5 Å². The third kappa shape index (κ3) is 1.92. The van der Waals surface area contributed by atoms with E-state index in [0.717, 1.165) is 12.3 Å². The van der Waals surface area contributed by atoms with E-state index in [0.29, 0.717) is 5.88 Å². The fourth-order valence-electron chi connectivity index (χ4n) is 1.50. The molecule has 1 aromatic heterocycles. The standard InChI is InChI=1S/C10H12N2O2S/c1-11-4-2-3-8(9(11)13)10(14)12-5-6-15-7-12/h2-4H,5-7H2,1H3. The van der Waals surface area contributed by atoms with Gasteiger partial charge in [-0.05, 0) is 12.1 Å². The lowest BCUT2D eigenvalue weighted by molar-refractivity contribution is 0.0800. The minimum absolute atomic E-state index is 0.152. The molecule has 0 aliphatic carbocycles. The van der Waals surface area contributed by atoms with Crippen LogP contribution in [-0.2, 0) is 7.05 Å². The molecular weight excluding hydrogens is 212 g/mol. The number of nitrogens with zero attached hydrogens (tertiary/aromatic N) is 2. The Kier molecular flexibility index (Phi) is 2.81. The van der Waals surface area contributed by atoms with Crippen LogP contribution in [0.4, 0.5) is 0 Å². The number of hydrogen-bond donors (Lipinski definition) is 0. The van der Waals surface area contributed by atoms with Crippen LogP contribution in [0.3, 0.4) is 0 Å². The van der Waals surface area contributed by atoms with E-state index in [9.17, 15) is 9.59 Å². The fourth-order valence-corrected chi connectivity index (χ4v) is 2.45. The van der Waals surface area contributed by atoms with Gasteiger partial charge in [-0.3, -0.25) is 9.59 Å². The van der Waals surface area contributed by atoms with Crippen molar-refractivity contribution in [2.24, 2.45) is 7.05 Å². The predicted octanol–water partition coefficient (Wildman–Crippen LogP) is 0.532. The predicted molar refractivity (Wildman–Crippen MR) is 60.0 cm³/mol. The summed E-state index contributed by atoms with van der Waals surface area (Å²) >= 11 is 1.71. The first-order valence-corrected chi connectivity index (χ1v) is 5.88. The van der Waals surface area contributed by atoms with Gasteiger partial charge in [-0.1, -0.05) is 0 Å². The molecule has 1 fully saturated rings. The molecule has 1 aliphatic heterocycles. The zero-order valence-electron chi connectivity index (χ0n) is 8.47. The second kappa shape index (κ2) is 4.10. The highest BCUT2D eigenvalue weighted by Gasteiger charge is 2.22. The number of aryl methyl sites for hydroxylation is 1. The van der Waals surface area contributed by atoms with Gasteiger partial charge < -0.3 is 9.47 Å². The molecule has 1 saturated heterocycles. The van der Waals surface area contributed by atoms with Crippen LogP contribution < -0.4 is 5.56 Å². The van der Waals surface area contributed by atoms with Crippen LogP contribution in [0, 0.1) is 0 Å². The molecule has 0 N–H and O–H groups in total. The molecule has 2 rings (SSSR count). The average molecular weight is 224 g/mol. The molecule has 1 amide bonds. The summed E-state index contributed by atoms with van der Waals surface area (Å²) in [5.41, 5.74) is 0.0434. The Hall–Kier alpha value is -1.23. The number of amides is 1. The molecule has 0 bridgehead atoms. The monoisotopic (exact) mass is 224 g/mol. The van der Waals surface area contributed by atoms with Gasteiger partial charge in [0.15, 0.2) is 0 Å². The van der Waals surface area contributed by atoms with Gasteiger partial charge in [-0.15, -0.1) is 11.8 Å². The van der Waals surface area contributed by atoms with Gasteiger partial charge in [0.25, 0.3) is 11.5 Å². The molecule has 0 aromatic carbocycles. The summed E-state index contributed by atoms with van der Waals surface area (Å²) < 4.78 is 1.43. The number of carbonyl (C=O) groups is 1. The molecule has 5 heteroatoms. The Balaban J connectivity index is 2.33. The molecule has 0 atom stereocenters. The van der Waals surface area contributed by atoms with E-state index in [4.69, 9.17) is 0 Å². The van der Waals surface area contributed by atoms with E-state index in [1.807, 2.05) is 0 Å². The first-order valence-electron chi connectivity index (χ1n) is 4.73. The molecule has 0 saturated carbocycles. The number of aromatic nitrogens is 1. The summed E-state index contributed by atoms with van der Waals surface area (Å²) in [7, 11) is 1.65. The number of hydrogen-bond acceptors (Lipinski definition) is 3. The molecule has 0 radical (unpaired) electrons.